The van der Waals surface area contributed by atoms with Crippen LogP contribution in [0.5, 0.6) is 34.5 Å². The molecule has 26 heteroatoms. The van der Waals surface area contributed by atoms with Gasteiger partial charge in [-0.1, -0.05) is 122 Å². The van der Waals surface area contributed by atoms with E-state index in [4.69, 9.17) is 35.0 Å². The van der Waals surface area contributed by atoms with Gasteiger partial charge in [-0.2, -0.15) is 5.26 Å². The van der Waals surface area contributed by atoms with Gasteiger partial charge in [-0.25, -0.2) is 13.2 Å². The van der Waals surface area contributed by atoms with Crippen molar-refractivity contribution in [2.75, 3.05) is 74.3 Å². The molecule has 2 aliphatic rings. The van der Waals surface area contributed by atoms with Gasteiger partial charge in [0.25, 0.3) is 0 Å². The van der Waals surface area contributed by atoms with E-state index in [1.165, 1.54) is 83.9 Å². The highest BCUT2D eigenvalue weighted by molar-refractivity contribution is 9.69. The van der Waals surface area contributed by atoms with Crippen LogP contribution in [0.4, 0.5) is 13.2 Å². The van der Waals surface area contributed by atoms with Crippen LogP contribution in [0, 0.1) is 73.2 Å². The number of Topliss-reactive ketones (excluding diaryl/α,β-unsaturated/α-hetero) is 6. The summed E-state index contributed by atoms with van der Waals surface area (Å²) in [5.74, 6) is -5.82. The molecule has 9 aromatic rings. The smallest absolute Gasteiger partial charge is 0.369 e. The third-order valence-corrected chi connectivity index (χ3v) is 20.2. The summed E-state index contributed by atoms with van der Waals surface area (Å²) in [4.78, 5) is 86.6. The first-order valence-electron chi connectivity index (χ1n) is 38.0. The number of ketones is 6. The number of hydrogen-bond acceptors (Lipinski definition) is 19. The van der Waals surface area contributed by atoms with E-state index in [2.05, 4.69) is 60.4 Å². The number of nitrogens with two attached hydrogens (primary N) is 1. The SMILES string of the molecule is BrB(Br)Br.C=C(C(=O)c1cccc(OC)c1)C(C(=C)C(=O)c1cccc(OC)c1)c1cccc(F)c1C.CC#N.COc1cccc(C(=O)[C@H]2CN(C[C@@H](C)O)C[C@@H](C(=O)c3cccc(OC)c3)C2c2cccc(F)c2C)c1.C[C@@H](O)CN.Cc1c(F)cccc1C1[C@@H](C(=O)c2cccc(O)c2)CN(C[C@@H](C)O)C[C@H]1C(=O)c1cccc(O)c1. The van der Waals surface area contributed by atoms with Crippen LogP contribution in [0.3, 0.4) is 0 Å². The van der Waals surface area contributed by atoms with E-state index in [1.807, 2.05) is 15.9 Å². The molecule has 11 rings (SSSR count). The Hall–Kier alpha value is -10.2. The molecule has 2 fully saturated rings. The van der Waals surface area contributed by atoms with Crippen molar-refractivity contribution in [3.8, 4) is 40.6 Å². The van der Waals surface area contributed by atoms with Crippen molar-refractivity contribution in [2.45, 2.75) is 84.5 Å². The Bertz CT molecular complexity index is 4830. The number of aromatic hydroxyl groups is 2. The Morgan fingerprint density at radius 3 is 0.992 bits per heavy atom. The minimum Gasteiger partial charge on any atom is -0.508 e. The predicted molar refractivity (Wildman–Crippen MR) is 469 cm³/mol. The molecule has 2 saturated heterocycles. The molecule has 2 heterocycles. The monoisotopic (exact) mass is 1820 g/mol. The van der Waals surface area contributed by atoms with Crippen LogP contribution in [0.25, 0.3) is 0 Å². The van der Waals surface area contributed by atoms with Gasteiger partial charge in [-0.3, -0.25) is 38.6 Å². The highest BCUT2D eigenvalue weighted by Gasteiger charge is 2.48. The number of hydrogen-bond donors (Lipinski definition) is 6. The van der Waals surface area contributed by atoms with Gasteiger partial charge < -0.3 is 50.2 Å². The number of β-amino-alcohol motifs (C(OH)–C–C–N with tert-alkyl or cyclic N) is 2. The number of allylic oxidation sites excluding steroid dienone is 2. The van der Waals surface area contributed by atoms with Crippen LogP contribution in [-0.4, -0.2) is 166 Å². The molecular weight excluding hydrogens is 1720 g/mol. The third-order valence-electron chi connectivity index (χ3n) is 20.2. The van der Waals surface area contributed by atoms with Crippen molar-refractivity contribution < 1.29 is 86.4 Å². The van der Waals surface area contributed by atoms with Crippen molar-refractivity contribution in [3.63, 3.8) is 0 Å². The van der Waals surface area contributed by atoms with E-state index in [0.29, 0.717) is 116 Å². The minimum absolute atomic E-state index is 0.0524. The molecule has 9 aromatic carbocycles. The number of aliphatic hydroxyl groups is 3. The fourth-order valence-corrected chi connectivity index (χ4v) is 14.6. The summed E-state index contributed by atoms with van der Waals surface area (Å²) in [6.45, 7) is 21.4. The lowest BCUT2D eigenvalue weighted by atomic mass is 9.67. The number of ether oxygens (including phenoxy) is 4. The Morgan fingerprint density at radius 2 is 0.714 bits per heavy atom. The maximum atomic E-state index is 14.8. The zero-order chi connectivity index (χ0) is 88.1. The average Bonchev–Trinajstić information content (AvgIpc) is 0.757. The van der Waals surface area contributed by atoms with Gasteiger partial charge in [0.1, 0.15) is 51.9 Å². The number of carbonyl (C=O) groups excluding carboxylic acids is 6. The number of benzene rings is 9. The van der Waals surface area contributed by atoms with Crippen molar-refractivity contribution in [2.24, 2.45) is 29.4 Å². The molecule has 0 radical (unpaired) electrons. The number of likely N-dealkylation sites (tertiary alicyclic amines) is 2. The predicted octanol–water partition coefficient (Wildman–Crippen LogP) is 17.4. The van der Waals surface area contributed by atoms with Crippen LogP contribution >= 0.6 is 47.3 Å². The lowest BCUT2D eigenvalue weighted by molar-refractivity contribution is 0.0428. The van der Waals surface area contributed by atoms with Gasteiger partial charge in [0.15, 0.2) is 34.7 Å². The van der Waals surface area contributed by atoms with Gasteiger partial charge in [0, 0.05) is 139 Å². The zero-order valence-electron chi connectivity index (χ0n) is 68.3. The number of piperidine rings is 2. The van der Waals surface area contributed by atoms with Crippen molar-refractivity contribution in [3.05, 3.63) is 309 Å². The Labute approximate surface area is 719 Å². The Kier molecular flexibility index (Phi) is 39.0. The zero-order valence-corrected chi connectivity index (χ0v) is 73.0. The maximum absolute atomic E-state index is 14.8. The van der Waals surface area contributed by atoms with E-state index in [-0.39, 0.29) is 92.1 Å². The van der Waals surface area contributed by atoms with Crippen molar-refractivity contribution >= 4 is 85.2 Å². The first-order valence-corrected chi connectivity index (χ1v) is 40.8. The van der Waals surface area contributed by atoms with E-state index in [9.17, 15) is 62.4 Å². The summed E-state index contributed by atoms with van der Waals surface area (Å²) in [5.41, 5.74) is 10.1. The second-order valence-electron chi connectivity index (χ2n) is 28.7. The second-order valence-corrected chi connectivity index (χ2v) is 35.1. The van der Waals surface area contributed by atoms with E-state index < -0.39 is 65.3 Å². The molecule has 0 saturated carbocycles. The van der Waals surface area contributed by atoms with Gasteiger partial charge >= 0.3 is 3.18 Å². The number of methoxy groups -OCH3 is 4. The fraction of sp³-hybridized carbons (Fsp3) is 0.301. The molecule has 0 aromatic heterocycles. The quantitative estimate of drug-likeness (QED) is 0.0167. The number of nitrogens with zero attached hydrogens (tertiary/aromatic N) is 3. The molecule has 628 valence electrons. The average molecular weight is 1820 g/mol. The lowest BCUT2D eigenvalue weighted by Crippen LogP contribution is -2.52. The van der Waals surface area contributed by atoms with Crippen LogP contribution in [0.2, 0.25) is 0 Å². The summed E-state index contributed by atoms with van der Waals surface area (Å²) >= 11 is 9.31. The minimum atomic E-state index is -0.918. The number of aliphatic hydroxyl groups excluding tert-OH is 3. The molecule has 7 N–H and O–H groups in total. The topological polar surface area (TPSA) is 297 Å². The van der Waals surface area contributed by atoms with Crippen LogP contribution in [0.1, 0.15) is 141 Å². The molecule has 2 aliphatic heterocycles. The highest BCUT2D eigenvalue weighted by Crippen LogP contribution is 2.46. The van der Waals surface area contributed by atoms with Gasteiger partial charge in [0.05, 0.1) is 52.8 Å². The highest BCUT2D eigenvalue weighted by atomic mass is 79.9. The summed E-state index contributed by atoms with van der Waals surface area (Å²) in [7, 11) is 6.09. The summed E-state index contributed by atoms with van der Waals surface area (Å²) in [6, 6.07) is 55.0. The standard InChI is InChI=1S/C31H34FNO5.C29H30FNO5.C28H25FO4.C3H9NO.C2H3N.BBr3/c1-19(34)16-33-17-26(30(35)21-8-5-10-23(14-21)37-3)29(25-12-7-13-28(32)20(25)2)27(18-33)31(36)22-9-6-11-24(15-22)38-4;1-17(32)14-31-15-24(28(35)19-6-3-8-21(33)12-19)27(23-10-5-11-26(30)18(23)2)25(16-31)29(36)20-7-4-9-22(34)13-20;1-17-24(13-8-14-25(17)29)26(18(2)27(30)20-9-6-11-22(15-20)32-4)19(3)28(31)21-10-7-12-23(16-21)33-5;1-3(5)2-4;1-2-3;2-1(3)4/h5-15,19,26-27,29,34H,16-18H2,1-4H3;3-13,17,24-25,27,32-34H,14-16H2,1-2H3;6-16,26H,2-3H2,1,4-5H3;3,5H,2,4H2,1H3;1H3;/t19-,26-,27+,29?;17-,24-,25+,27?;;3-;;/m11.1../s1. The third kappa shape index (κ3) is 27.4. The fourth-order valence-electron chi connectivity index (χ4n) is 14.6. The number of rotatable bonds is 26. The molecule has 19 nitrogen and oxygen atoms in total. The van der Waals surface area contributed by atoms with E-state index >= 15 is 0 Å². The summed E-state index contributed by atoms with van der Waals surface area (Å²) in [5, 5.41) is 55.8. The lowest BCUT2D eigenvalue weighted by Gasteiger charge is -2.44. The van der Waals surface area contributed by atoms with Crippen molar-refractivity contribution in [1.82, 2.24) is 9.80 Å². The number of phenolic OH excluding ortho intramolecular Hbond substituents is 2. The van der Waals surface area contributed by atoms with Crippen LogP contribution in [-0.2, 0) is 0 Å². The first kappa shape index (κ1) is 97.7. The van der Waals surface area contributed by atoms with Gasteiger partial charge in [0.2, 0.25) is 0 Å². The molecule has 0 bridgehead atoms. The number of carbonyl (C=O) groups is 6. The number of halogens is 6. The number of nitriles is 1. The Balaban J connectivity index is 0.000000259. The van der Waals surface area contributed by atoms with E-state index in [1.54, 1.807) is 193 Å². The maximum Gasteiger partial charge on any atom is 0.369 e. The summed E-state index contributed by atoms with van der Waals surface area (Å²) in [6.07, 6.45) is -1.68. The number of phenols is 2. The van der Waals surface area contributed by atoms with Crippen LogP contribution < -0.4 is 24.7 Å². The van der Waals surface area contributed by atoms with Gasteiger partial charge in [-0.05, 0) is 166 Å². The molecule has 9 atom stereocenters. The largest absolute Gasteiger partial charge is 0.508 e. The molecule has 0 amide bonds. The Morgan fingerprint density at radius 1 is 0.462 bits per heavy atom. The first-order chi connectivity index (χ1) is 56.6. The van der Waals surface area contributed by atoms with Crippen LogP contribution in [0.15, 0.2) is 224 Å². The van der Waals surface area contributed by atoms with E-state index in [0.717, 1.165) is 0 Å². The van der Waals surface area contributed by atoms with Gasteiger partial charge in [-0.15, -0.1) is 47.3 Å². The molecule has 119 heavy (non-hydrogen) atoms. The molecule has 0 aliphatic carbocycles. The molecule has 2 unspecified atom stereocenters. The summed E-state index contributed by atoms with van der Waals surface area (Å²) < 4.78 is 65.4. The normalized spacial score (nSPS) is 16.8. The second kappa shape index (κ2) is 47.6. The van der Waals surface area contributed by atoms with Crippen molar-refractivity contribution in [1.29, 1.82) is 5.26 Å². The molecular formula is C93H101BBr3F3N4O15. The molecule has 0 spiro atoms.